The van der Waals surface area contributed by atoms with Gasteiger partial charge in [-0.3, -0.25) is 4.57 Å². The van der Waals surface area contributed by atoms with Crippen molar-refractivity contribution in [3.8, 4) is 5.88 Å². The Morgan fingerprint density at radius 2 is 1.68 bits per heavy atom. The molecule has 7 nitrogen and oxygen atoms in total. The Labute approximate surface area is 218 Å². The zero-order valence-corrected chi connectivity index (χ0v) is 22.4. The average Bonchev–Trinajstić information content (AvgIpc) is 3.24. The van der Waals surface area contributed by atoms with E-state index in [0.717, 1.165) is 30.8 Å². The fourth-order valence-electron chi connectivity index (χ4n) is 4.24. The highest BCUT2D eigenvalue weighted by Crippen LogP contribution is 2.47. The van der Waals surface area contributed by atoms with Gasteiger partial charge in [0.25, 0.3) is 0 Å². The number of likely N-dealkylation sites (N-methyl/N-ethyl adjacent to an activating group) is 1. The number of fused-ring (bicyclic) bond motifs is 1. The van der Waals surface area contributed by atoms with E-state index in [-0.39, 0.29) is 19.1 Å². The van der Waals surface area contributed by atoms with Crippen molar-refractivity contribution in [3.63, 3.8) is 0 Å². The molecule has 0 saturated heterocycles. The lowest BCUT2D eigenvalue weighted by Crippen LogP contribution is -2.15. The van der Waals surface area contributed by atoms with E-state index in [1.165, 1.54) is 5.56 Å². The van der Waals surface area contributed by atoms with E-state index < -0.39 is 7.60 Å². The largest absolute Gasteiger partial charge is 0.494 e. The summed E-state index contributed by atoms with van der Waals surface area (Å²) in [7, 11) is -3.51. The minimum absolute atomic E-state index is 0.0142. The first-order valence-corrected chi connectivity index (χ1v) is 14.2. The van der Waals surface area contributed by atoms with E-state index in [0.29, 0.717) is 27.5 Å². The molecule has 1 aromatic heterocycles. The van der Waals surface area contributed by atoms with Gasteiger partial charge in [-0.15, -0.1) is 0 Å². The van der Waals surface area contributed by atoms with Crippen LogP contribution in [0.15, 0.2) is 77.8 Å². The van der Waals surface area contributed by atoms with Gasteiger partial charge in [-0.2, -0.15) is 0 Å². The molecule has 0 fully saturated rings. The van der Waals surface area contributed by atoms with Crippen LogP contribution in [0.25, 0.3) is 10.9 Å². The van der Waals surface area contributed by atoms with Crippen LogP contribution in [0.1, 0.15) is 37.5 Å². The molecule has 0 unspecified atom stereocenters. The summed E-state index contributed by atoms with van der Waals surface area (Å²) in [6.07, 6.45) is 0.940. The predicted octanol–water partition coefficient (Wildman–Crippen LogP) is 6.09. The first-order chi connectivity index (χ1) is 18.0. The van der Waals surface area contributed by atoms with Crippen LogP contribution >= 0.6 is 7.60 Å². The third-order valence-corrected chi connectivity index (χ3v) is 8.09. The third-order valence-electron chi connectivity index (χ3n) is 5.98. The van der Waals surface area contributed by atoms with Crippen LogP contribution in [0.5, 0.6) is 5.88 Å². The number of hydrogen-bond acceptors (Lipinski definition) is 6. The van der Waals surface area contributed by atoms with E-state index in [9.17, 15) is 9.67 Å². The van der Waals surface area contributed by atoms with Gasteiger partial charge in [0, 0.05) is 16.5 Å². The summed E-state index contributed by atoms with van der Waals surface area (Å²) in [6, 6.07) is 23.1. The lowest BCUT2D eigenvalue weighted by Gasteiger charge is -2.17. The van der Waals surface area contributed by atoms with Crippen LogP contribution in [-0.2, 0) is 20.0 Å². The summed E-state index contributed by atoms with van der Waals surface area (Å²) in [5, 5.41) is 15.5. The Morgan fingerprint density at radius 3 is 2.32 bits per heavy atom. The Kier molecular flexibility index (Phi) is 8.95. The Hall–Kier alpha value is -3.22. The van der Waals surface area contributed by atoms with Crippen LogP contribution < -0.4 is 10.6 Å². The van der Waals surface area contributed by atoms with Gasteiger partial charge in [-0.05, 0) is 69.3 Å². The number of aromatic amines is 1. The van der Waals surface area contributed by atoms with Gasteiger partial charge in [0.15, 0.2) is 5.88 Å². The van der Waals surface area contributed by atoms with E-state index in [1.807, 2.05) is 42.5 Å². The first-order valence-electron chi connectivity index (χ1n) is 12.7. The maximum absolute atomic E-state index is 13.5. The number of hydrogen-bond donors (Lipinski definition) is 3. The van der Waals surface area contributed by atoms with Crippen LogP contribution in [0.3, 0.4) is 0 Å². The van der Waals surface area contributed by atoms with Gasteiger partial charge in [0.1, 0.15) is 0 Å². The van der Waals surface area contributed by atoms with Gasteiger partial charge in [-0.1, -0.05) is 49.4 Å². The number of nitrogens with zero attached hydrogens (tertiary/aromatic N) is 1. The smallest absolute Gasteiger partial charge is 0.361 e. The number of rotatable bonds is 12. The molecule has 3 aromatic carbocycles. The molecule has 4 aromatic rings. The fourth-order valence-corrected chi connectivity index (χ4v) is 5.84. The van der Waals surface area contributed by atoms with Crippen LogP contribution in [-0.4, -0.2) is 42.1 Å². The van der Waals surface area contributed by atoms with Crippen molar-refractivity contribution in [2.24, 2.45) is 4.99 Å². The molecule has 8 heteroatoms. The minimum Gasteiger partial charge on any atom is -0.494 e. The second-order valence-corrected chi connectivity index (χ2v) is 10.5. The Balaban J connectivity index is 1.83. The number of aliphatic imine (C=N–C) groups is 1. The molecule has 0 amide bonds. The second kappa shape index (κ2) is 12.3. The highest BCUT2D eigenvalue weighted by molar-refractivity contribution is 7.62. The first kappa shape index (κ1) is 26.8. The van der Waals surface area contributed by atoms with Crippen molar-refractivity contribution in [2.45, 2.75) is 27.2 Å². The summed E-state index contributed by atoms with van der Waals surface area (Å²) in [5.41, 5.74) is 4.66. The fraction of sp³-hybridized carbons (Fsp3) is 0.276. The van der Waals surface area contributed by atoms with Gasteiger partial charge in [0.2, 0.25) is 0 Å². The number of H-pyrrole nitrogens is 1. The molecule has 0 atom stereocenters. The molecule has 4 rings (SSSR count). The number of nitrogens with one attached hydrogen (secondary N) is 2. The van der Waals surface area contributed by atoms with Crippen molar-refractivity contribution in [2.75, 3.05) is 26.3 Å². The van der Waals surface area contributed by atoms with Crippen LogP contribution in [0, 0.1) is 0 Å². The topological polar surface area (TPSA) is 95.9 Å². The molecular formula is C29H34N3O4P. The molecule has 37 heavy (non-hydrogen) atoms. The summed E-state index contributed by atoms with van der Waals surface area (Å²) in [6.45, 7) is 8.03. The average molecular weight is 520 g/mol. The molecule has 0 saturated carbocycles. The van der Waals surface area contributed by atoms with Gasteiger partial charge < -0.3 is 24.5 Å². The summed E-state index contributed by atoms with van der Waals surface area (Å²) < 4.78 is 24.6. The monoisotopic (exact) mass is 519 g/mol. The normalized spacial score (nSPS) is 12.4. The molecule has 1 heterocycles. The van der Waals surface area contributed by atoms with E-state index >= 15 is 0 Å². The van der Waals surface area contributed by atoms with Gasteiger partial charge in [0.05, 0.1) is 35.5 Å². The maximum Gasteiger partial charge on any atom is 0.361 e. The molecule has 3 N–H and O–H groups in total. The molecule has 0 radical (unpaired) electrons. The Morgan fingerprint density at radius 1 is 0.973 bits per heavy atom. The van der Waals surface area contributed by atoms with Crippen molar-refractivity contribution in [1.82, 2.24) is 10.3 Å². The van der Waals surface area contributed by atoms with E-state index in [1.54, 1.807) is 32.0 Å². The van der Waals surface area contributed by atoms with Crippen LogP contribution in [0.2, 0.25) is 0 Å². The highest BCUT2D eigenvalue weighted by atomic mass is 31.2. The van der Waals surface area contributed by atoms with Crippen molar-refractivity contribution >= 4 is 35.2 Å². The molecule has 0 bridgehead atoms. The van der Waals surface area contributed by atoms with Crippen molar-refractivity contribution in [1.29, 1.82) is 0 Å². The minimum atomic E-state index is -3.51. The Bertz CT molecular complexity index is 1390. The maximum atomic E-state index is 13.5. The SMILES string of the molecule is CCNCCc1ccc(N=C(c2ccccc2)c2c(O)[nH]c3ccc(P(=O)(OCC)OCC)cc23)cc1. The lowest BCUT2D eigenvalue weighted by molar-refractivity contribution is 0.230. The molecule has 0 aliphatic rings. The predicted molar refractivity (Wildman–Crippen MR) is 151 cm³/mol. The number of aromatic nitrogens is 1. The third kappa shape index (κ3) is 6.20. The quantitative estimate of drug-likeness (QED) is 0.120. The standard InChI is InChI=1S/C29H34N3O4P/c1-4-30-19-18-21-12-14-23(15-13-21)31-28(22-10-8-7-9-11-22)27-25-20-24(16-17-26(25)32-29(27)33)37(34,35-5-2)36-6-3/h7-17,20,30,32-33H,4-6,18-19H2,1-3H3. The second-order valence-electron chi connectivity index (χ2n) is 8.51. The molecule has 0 aliphatic carbocycles. The number of aromatic hydroxyl groups is 1. The van der Waals surface area contributed by atoms with Gasteiger partial charge >= 0.3 is 7.60 Å². The lowest BCUT2D eigenvalue weighted by atomic mass is 10.0. The van der Waals surface area contributed by atoms with E-state index in [4.69, 9.17) is 14.0 Å². The van der Waals surface area contributed by atoms with Crippen LogP contribution in [0.4, 0.5) is 5.69 Å². The molecular weight excluding hydrogens is 485 g/mol. The van der Waals surface area contributed by atoms with Crippen molar-refractivity contribution < 1.29 is 18.7 Å². The van der Waals surface area contributed by atoms with E-state index in [2.05, 4.69) is 29.4 Å². The summed E-state index contributed by atoms with van der Waals surface area (Å²) in [4.78, 5) is 8.01. The highest BCUT2D eigenvalue weighted by Gasteiger charge is 2.28. The molecule has 0 aliphatic heterocycles. The zero-order chi connectivity index (χ0) is 26.3. The summed E-state index contributed by atoms with van der Waals surface area (Å²) in [5.74, 6) is -0.0142. The molecule has 194 valence electrons. The summed E-state index contributed by atoms with van der Waals surface area (Å²) >= 11 is 0. The zero-order valence-electron chi connectivity index (χ0n) is 21.5. The van der Waals surface area contributed by atoms with Crippen molar-refractivity contribution in [3.05, 3.63) is 89.5 Å². The number of benzene rings is 3. The molecule has 0 spiro atoms. The van der Waals surface area contributed by atoms with Gasteiger partial charge in [-0.25, -0.2) is 4.99 Å².